The van der Waals surface area contributed by atoms with Crippen LogP contribution >= 0.6 is 0 Å². The zero-order valence-corrected chi connectivity index (χ0v) is 16.3. The van der Waals surface area contributed by atoms with E-state index in [1.54, 1.807) is 0 Å². The number of esters is 2. The maximum atomic E-state index is 12.3. The van der Waals surface area contributed by atoms with Gasteiger partial charge in [0, 0.05) is 12.4 Å². The molecular weight excluding hydrogens is 380 g/mol. The second-order valence-electron chi connectivity index (χ2n) is 6.93. The number of aromatic nitrogens is 2. The molecular formula is C20H20N2O7. The highest BCUT2D eigenvalue weighted by Crippen LogP contribution is 2.20. The van der Waals surface area contributed by atoms with Crippen LogP contribution in [0.2, 0.25) is 0 Å². The van der Waals surface area contributed by atoms with Gasteiger partial charge in [0.05, 0.1) is 11.1 Å². The molecule has 152 valence electrons. The zero-order chi connectivity index (χ0) is 21.9. The largest absolute Gasteiger partial charge is 0.478 e. The van der Waals surface area contributed by atoms with Crippen LogP contribution < -0.4 is 0 Å². The quantitative estimate of drug-likeness (QED) is 0.552. The summed E-state index contributed by atoms with van der Waals surface area (Å²) in [5.41, 5.74) is -0.795. The predicted octanol–water partition coefficient (Wildman–Crippen LogP) is 3.12. The Labute approximate surface area is 166 Å². The van der Waals surface area contributed by atoms with Crippen molar-refractivity contribution in [3.8, 4) is 0 Å². The molecule has 9 heteroatoms. The topological polar surface area (TPSA) is 144 Å². The molecule has 0 aliphatic rings. The summed E-state index contributed by atoms with van der Waals surface area (Å²) in [7, 11) is 0. The summed E-state index contributed by atoms with van der Waals surface area (Å²) in [6.07, 6.45) is 2.63. The fourth-order valence-corrected chi connectivity index (χ4v) is 2.43. The number of rotatable bonds is 6. The van der Waals surface area contributed by atoms with E-state index in [2.05, 4.69) is 14.7 Å². The number of pyridine rings is 2. The van der Waals surface area contributed by atoms with Crippen molar-refractivity contribution in [1.29, 1.82) is 0 Å². The third kappa shape index (κ3) is 4.81. The van der Waals surface area contributed by atoms with E-state index < -0.39 is 46.4 Å². The molecule has 0 unspecified atom stereocenters. The van der Waals surface area contributed by atoms with Gasteiger partial charge in [-0.05, 0) is 35.1 Å². The summed E-state index contributed by atoms with van der Waals surface area (Å²) in [4.78, 5) is 55.3. The fourth-order valence-electron chi connectivity index (χ4n) is 2.43. The van der Waals surface area contributed by atoms with Gasteiger partial charge in [-0.15, -0.1) is 0 Å². The summed E-state index contributed by atoms with van der Waals surface area (Å²) in [6.45, 7) is 7.29. The molecule has 0 aromatic carbocycles. The van der Waals surface area contributed by atoms with Gasteiger partial charge in [-0.3, -0.25) is 0 Å². The van der Waals surface area contributed by atoms with Gasteiger partial charge < -0.3 is 14.9 Å². The minimum Gasteiger partial charge on any atom is -0.478 e. The Morgan fingerprint density at radius 2 is 1.10 bits per heavy atom. The van der Waals surface area contributed by atoms with E-state index in [-0.39, 0.29) is 11.8 Å². The van der Waals surface area contributed by atoms with Crippen molar-refractivity contribution >= 4 is 23.9 Å². The Kier molecular flexibility index (Phi) is 6.42. The van der Waals surface area contributed by atoms with Gasteiger partial charge in [-0.1, -0.05) is 27.7 Å². The Balaban J connectivity index is 2.38. The van der Waals surface area contributed by atoms with Crippen LogP contribution in [0.15, 0.2) is 24.5 Å². The van der Waals surface area contributed by atoms with Crippen molar-refractivity contribution in [3.05, 3.63) is 58.2 Å². The minimum absolute atomic E-state index is 0.0332. The molecule has 2 aromatic rings. The normalized spacial score (nSPS) is 10.8. The van der Waals surface area contributed by atoms with Gasteiger partial charge in [-0.2, -0.15) is 0 Å². The molecule has 0 amide bonds. The first-order valence-electron chi connectivity index (χ1n) is 8.75. The van der Waals surface area contributed by atoms with E-state index in [0.29, 0.717) is 11.1 Å². The van der Waals surface area contributed by atoms with E-state index in [1.165, 1.54) is 24.5 Å². The zero-order valence-electron chi connectivity index (χ0n) is 16.3. The highest BCUT2D eigenvalue weighted by atomic mass is 16.6. The summed E-state index contributed by atoms with van der Waals surface area (Å²) in [5, 5.41) is 18.7. The van der Waals surface area contributed by atoms with Crippen molar-refractivity contribution in [2.75, 3.05) is 0 Å². The molecule has 0 radical (unpaired) electrons. The molecule has 2 N–H and O–H groups in total. The second-order valence-corrected chi connectivity index (χ2v) is 6.93. The van der Waals surface area contributed by atoms with Crippen LogP contribution in [0.3, 0.4) is 0 Å². The first-order valence-corrected chi connectivity index (χ1v) is 8.75. The predicted molar refractivity (Wildman–Crippen MR) is 100 cm³/mol. The lowest BCUT2D eigenvalue weighted by atomic mass is 10.0. The van der Waals surface area contributed by atoms with Crippen LogP contribution in [0, 0.1) is 0 Å². The molecule has 0 aliphatic heterocycles. The first kappa shape index (κ1) is 21.7. The number of carboxylic acids is 2. The fraction of sp³-hybridized carbons (Fsp3) is 0.300. The maximum absolute atomic E-state index is 12.3. The SMILES string of the molecule is CC(C)c1cnc(C(=O)OC(=O)c2ncc(C(C)C)cc2C(=O)O)c(C(=O)O)c1. The van der Waals surface area contributed by atoms with Gasteiger partial charge in [-0.25, -0.2) is 29.1 Å². The third-order valence-electron chi connectivity index (χ3n) is 4.18. The molecule has 0 aliphatic carbocycles. The number of nitrogens with zero attached hydrogens (tertiary/aromatic N) is 2. The van der Waals surface area contributed by atoms with Crippen LogP contribution in [0.5, 0.6) is 0 Å². The Hall–Kier alpha value is -3.62. The molecule has 29 heavy (non-hydrogen) atoms. The van der Waals surface area contributed by atoms with Gasteiger partial charge in [0.2, 0.25) is 0 Å². The van der Waals surface area contributed by atoms with Crippen molar-refractivity contribution in [3.63, 3.8) is 0 Å². The molecule has 0 bridgehead atoms. The molecule has 2 rings (SSSR count). The number of hydrogen-bond donors (Lipinski definition) is 2. The van der Waals surface area contributed by atoms with Gasteiger partial charge in [0.1, 0.15) is 0 Å². The van der Waals surface area contributed by atoms with Crippen LogP contribution in [0.4, 0.5) is 0 Å². The van der Waals surface area contributed by atoms with Crippen LogP contribution in [-0.2, 0) is 4.74 Å². The number of hydrogen-bond acceptors (Lipinski definition) is 7. The van der Waals surface area contributed by atoms with Gasteiger partial charge in [0.25, 0.3) is 0 Å². The molecule has 0 atom stereocenters. The summed E-state index contributed by atoms with van der Waals surface area (Å²) in [6, 6.07) is 2.55. The average molecular weight is 400 g/mol. The lowest BCUT2D eigenvalue weighted by Crippen LogP contribution is -2.21. The van der Waals surface area contributed by atoms with Crippen molar-refractivity contribution in [1.82, 2.24) is 9.97 Å². The molecule has 0 saturated heterocycles. The van der Waals surface area contributed by atoms with Crippen molar-refractivity contribution in [2.45, 2.75) is 39.5 Å². The van der Waals surface area contributed by atoms with Crippen molar-refractivity contribution < 1.29 is 34.1 Å². The Bertz CT molecular complexity index is 917. The molecule has 0 fully saturated rings. The number of carboxylic acid groups (broad SMARTS) is 2. The third-order valence-corrected chi connectivity index (χ3v) is 4.18. The number of ether oxygens (including phenoxy) is 1. The molecule has 2 heterocycles. The summed E-state index contributed by atoms with van der Waals surface area (Å²) >= 11 is 0. The monoisotopic (exact) mass is 400 g/mol. The van der Waals surface area contributed by atoms with E-state index >= 15 is 0 Å². The van der Waals surface area contributed by atoms with Crippen LogP contribution in [0.25, 0.3) is 0 Å². The Morgan fingerprint density at radius 1 is 0.759 bits per heavy atom. The molecule has 0 saturated carbocycles. The molecule has 0 spiro atoms. The number of carbonyl (C=O) groups is 4. The van der Waals surface area contributed by atoms with Crippen LogP contribution in [-0.4, -0.2) is 44.1 Å². The van der Waals surface area contributed by atoms with E-state index in [4.69, 9.17) is 0 Å². The number of carbonyl (C=O) groups excluding carboxylic acids is 2. The average Bonchev–Trinajstić information content (AvgIpc) is 2.66. The lowest BCUT2D eigenvalue weighted by molar-refractivity contribution is 0.0378. The van der Waals surface area contributed by atoms with Gasteiger partial charge in [0.15, 0.2) is 11.4 Å². The summed E-state index contributed by atoms with van der Waals surface area (Å²) < 4.78 is 4.68. The summed E-state index contributed by atoms with van der Waals surface area (Å²) in [5.74, 6) is -5.51. The second kappa shape index (κ2) is 8.59. The van der Waals surface area contributed by atoms with Crippen LogP contribution in [0.1, 0.15) is 92.4 Å². The first-order chi connectivity index (χ1) is 13.5. The van der Waals surface area contributed by atoms with E-state index in [1.807, 2.05) is 27.7 Å². The smallest absolute Gasteiger partial charge is 0.365 e. The van der Waals surface area contributed by atoms with Crippen molar-refractivity contribution in [2.24, 2.45) is 0 Å². The van der Waals surface area contributed by atoms with Gasteiger partial charge >= 0.3 is 23.9 Å². The standard InChI is InChI=1S/C20H20N2O7/c1-9(2)11-5-13(17(23)24)15(21-7-11)19(27)29-20(28)16-14(18(25)26)6-12(8-22-16)10(3)4/h5-10H,1-4H3,(H,23,24)(H,25,26). The molecule has 2 aromatic heterocycles. The Morgan fingerprint density at radius 3 is 1.38 bits per heavy atom. The molecule has 9 nitrogen and oxygen atoms in total. The lowest BCUT2D eigenvalue weighted by Gasteiger charge is -2.11. The highest BCUT2D eigenvalue weighted by molar-refractivity contribution is 6.09. The van der Waals surface area contributed by atoms with E-state index in [0.717, 1.165) is 0 Å². The highest BCUT2D eigenvalue weighted by Gasteiger charge is 2.27. The van der Waals surface area contributed by atoms with E-state index in [9.17, 15) is 29.4 Å². The maximum Gasteiger partial charge on any atom is 0.365 e. The number of aromatic carboxylic acids is 2. The minimum atomic E-state index is -1.41.